The van der Waals surface area contributed by atoms with Crippen LogP contribution in [0.4, 0.5) is 5.13 Å². The number of aromatic nitrogens is 1. The Hall–Kier alpha value is -2.26. The van der Waals surface area contributed by atoms with Crippen molar-refractivity contribution in [2.75, 3.05) is 18.2 Å². The van der Waals surface area contributed by atoms with Crippen LogP contribution in [0.3, 0.4) is 0 Å². The number of hydrogen-bond donors (Lipinski definition) is 1. The van der Waals surface area contributed by atoms with Crippen LogP contribution >= 0.6 is 11.3 Å². The molecule has 1 aromatic carbocycles. The van der Waals surface area contributed by atoms with Crippen molar-refractivity contribution < 1.29 is 22.7 Å². The summed E-state index contributed by atoms with van der Waals surface area (Å²) < 4.78 is 29.8. The first-order valence-electron chi connectivity index (χ1n) is 9.29. The van der Waals surface area contributed by atoms with Gasteiger partial charge in [-0.05, 0) is 42.5 Å². The van der Waals surface area contributed by atoms with Crippen molar-refractivity contribution in [1.82, 2.24) is 4.98 Å². The average Bonchev–Trinajstić information content (AvgIpc) is 3.02. The summed E-state index contributed by atoms with van der Waals surface area (Å²) in [4.78, 5) is 29.6. The van der Waals surface area contributed by atoms with E-state index in [1.807, 2.05) is 13.8 Å². The SMILES string of the molecule is COc1ccc(S(=O)(=O)CCCC(=O)Nc2nc3c(s2)C(=O)CC(C)(C)C3)cc1. The van der Waals surface area contributed by atoms with Crippen molar-refractivity contribution >= 4 is 38.0 Å². The summed E-state index contributed by atoms with van der Waals surface area (Å²) in [5.74, 6) is 0.192. The number of sulfone groups is 1. The quantitative estimate of drug-likeness (QED) is 0.713. The highest BCUT2D eigenvalue weighted by Gasteiger charge is 2.34. The number of anilines is 1. The molecule has 1 N–H and O–H groups in total. The maximum atomic E-state index is 12.4. The highest BCUT2D eigenvalue weighted by Crippen LogP contribution is 2.38. The van der Waals surface area contributed by atoms with Crippen molar-refractivity contribution in [1.29, 1.82) is 0 Å². The van der Waals surface area contributed by atoms with Gasteiger partial charge >= 0.3 is 0 Å². The number of nitrogens with zero attached hydrogens (tertiary/aromatic N) is 1. The molecule has 0 atom stereocenters. The minimum atomic E-state index is -3.47. The van der Waals surface area contributed by atoms with Crippen LogP contribution in [0.2, 0.25) is 0 Å². The van der Waals surface area contributed by atoms with E-state index in [-0.39, 0.29) is 40.6 Å². The second-order valence-electron chi connectivity index (χ2n) is 7.88. The van der Waals surface area contributed by atoms with Crippen molar-refractivity contribution in [2.45, 2.75) is 44.4 Å². The van der Waals surface area contributed by atoms with Crippen molar-refractivity contribution in [3.8, 4) is 5.75 Å². The van der Waals surface area contributed by atoms with Gasteiger partial charge in [-0.15, -0.1) is 0 Å². The monoisotopic (exact) mass is 436 g/mol. The molecule has 1 aromatic heterocycles. The van der Waals surface area contributed by atoms with Crippen molar-refractivity contribution in [2.24, 2.45) is 5.41 Å². The zero-order valence-electron chi connectivity index (χ0n) is 16.6. The fourth-order valence-electron chi connectivity index (χ4n) is 3.28. The molecule has 9 heteroatoms. The van der Waals surface area contributed by atoms with Gasteiger partial charge in [0.05, 0.1) is 28.3 Å². The van der Waals surface area contributed by atoms with Gasteiger partial charge in [0.15, 0.2) is 20.8 Å². The smallest absolute Gasteiger partial charge is 0.226 e. The van der Waals surface area contributed by atoms with E-state index < -0.39 is 9.84 Å². The average molecular weight is 437 g/mol. The van der Waals surface area contributed by atoms with Crippen LogP contribution in [-0.2, 0) is 21.1 Å². The molecule has 0 unspecified atom stereocenters. The largest absolute Gasteiger partial charge is 0.497 e. The summed E-state index contributed by atoms with van der Waals surface area (Å²) in [7, 11) is -1.96. The number of thiazole rings is 1. The van der Waals surface area contributed by atoms with Gasteiger partial charge in [0.2, 0.25) is 5.91 Å². The summed E-state index contributed by atoms with van der Waals surface area (Å²) in [6, 6.07) is 6.17. The first kappa shape index (κ1) is 21.4. The molecular formula is C20H24N2O5S2. The summed E-state index contributed by atoms with van der Waals surface area (Å²) in [5, 5.41) is 3.09. The van der Waals surface area contributed by atoms with Crippen molar-refractivity contribution in [3.05, 3.63) is 34.8 Å². The van der Waals surface area contributed by atoms with E-state index in [1.54, 1.807) is 12.1 Å². The number of carbonyl (C=O) groups excluding carboxylic acids is 2. The summed E-state index contributed by atoms with van der Waals surface area (Å²) in [5.41, 5.74) is 0.601. The fraction of sp³-hybridized carbons (Fsp3) is 0.450. The number of benzene rings is 1. The van der Waals surface area contributed by atoms with E-state index in [0.29, 0.717) is 28.6 Å². The standard InChI is InChI=1S/C20H24N2O5S2/c1-20(2)11-15-18(16(23)12-20)28-19(21-15)22-17(24)5-4-10-29(25,26)14-8-6-13(27-3)7-9-14/h6-9H,4-5,10-12H2,1-3H3,(H,21,22,24). The van der Waals surface area contributed by atoms with Gasteiger partial charge in [-0.1, -0.05) is 25.2 Å². The van der Waals surface area contributed by atoms with Gasteiger partial charge in [-0.25, -0.2) is 13.4 Å². The van der Waals surface area contributed by atoms with Crippen LogP contribution in [0.25, 0.3) is 0 Å². The van der Waals surface area contributed by atoms with E-state index in [2.05, 4.69) is 10.3 Å². The van der Waals surface area contributed by atoms with E-state index in [9.17, 15) is 18.0 Å². The van der Waals surface area contributed by atoms with Gasteiger partial charge in [0, 0.05) is 12.8 Å². The van der Waals surface area contributed by atoms with Crippen molar-refractivity contribution in [3.63, 3.8) is 0 Å². The number of rotatable bonds is 7. The molecule has 1 amide bonds. The summed E-state index contributed by atoms with van der Waals surface area (Å²) in [6.07, 6.45) is 1.41. The Bertz CT molecular complexity index is 1020. The molecule has 1 aliphatic carbocycles. The van der Waals surface area contributed by atoms with Crippen LogP contribution in [0.15, 0.2) is 29.2 Å². The van der Waals surface area contributed by atoms with Gasteiger partial charge < -0.3 is 10.1 Å². The minimum absolute atomic E-state index is 0.0546. The first-order valence-corrected chi connectivity index (χ1v) is 11.8. The lowest BCUT2D eigenvalue weighted by Crippen LogP contribution is -2.26. The maximum Gasteiger partial charge on any atom is 0.226 e. The molecule has 3 rings (SSSR count). The molecule has 0 radical (unpaired) electrons. The molecule has 29 heavy (non-hydrogen) atoms. The Balaban J connectivity index is 1.55. The fourth-order valence-corrected chi connectivity index (χ4v) is 5.53. The number of ketones is 1. The van der Waals surface area contributed by atoms with Crippen LogP contribution in [0.1, 0.15) is 48.5 Å². The minimum Gasteiger partial charge on any atom is -0.497 e. The number of carbonyl (C=O) groups is 2. The predicted octanol–water partition coefficient (Wildman–Crippen LogP) is 3.50. The molecule has 156 valence electrons. The van der Waals surface area contributed by atoms with Crippen LogP contribution < -0.4 is 10.1 Å². The maximum absolute atomic E-state index is 12.4. The Labute approximate surface area is 174 Å². The first-order chi connectivity index (χ1) is 13.6. The predicted molar refractivity (Wildman–Crippen MR) is 111 cm³/mol. The number of hydrogen-bond acceptors (Lipinski definition) is 7. The van der Waals surface area contributed by atoms with E-state index in [0.717, 1.165) is 5.69 Å². The van der Waals surface area contributed by atoms with E-state index in [1.165, 1.54) is 30.6 Å². The molecule has 0 spiro atoms. The number of fused-ring (bicyclic) bond motifs is 1. The number of amides is 1. The van der Waals surface area contributed by atoms with Gasteiger partial charge in [0.25, 0.3) is 0 Å². The zero-order chi connectivity index (χ0) is 21.2. The van der Waals surface area contributed by atoms with Crippen LogP contribution in [-0.4, -0.2) is 38.0 Å². The number of ether oxygens (including phenoxy) is 1. The number of methoxy groups -OCH3 is 1. The van der Waals surface area contributed by atoms with Gasteiger partial charge in [-0.3, -0.25) is 9.59 Å². The third-order valence-corrected chi connectivity index (χ3v) is 7.59. The van der Waals surface area contributed by atoms with Crippen LogP contribution in [0.5, 0.6) is 5.75 Å². The topological polar surface area (TPSA) is 102 Å². The highest BCUT2D eigenvalue weighted by molar-refractivity contribution is 7.91. The third-order valence-electron chi connectivity index (χ3n) is 4.72. The molecule has 1 aliphatic rings. The van der Waals surface area contributed by atoms with E-state index in [4.69, 9.17) is 4.74 Å². The Morgan fingerprint density at radius 3 is 2.59 bits per heavy atom. The second-order valence-corrected chi connectivity index (χ2v) is 11.0. The lowest BCUT2D eigenvalue weighted by molar-refractivity contribution is -0.116. The number of Topliss-reactive ketones (excluding diaryl/α,β-unsaturated/α-hetero) is 1. The third kappa shape index (κ3) is 5.22. The molecule has 1 heterocycles. The van der Waals surface area contributed by atoms with E-state index >= 15 is 0 Å². The lowest BCUT2D eigenvalue weighted by Gasteiger charge is -2.26. The Morgan fingerprint density at radius 2 is 1.93 bits per heavy atom. The Morgan fingerprint density at radius 1 is 1.24 bits per heavy atom. The molecule has 0 aliphatic heterocycles. The summed E-state index contributed by atoms with van der Waals surface area (Å²) >= 11 is 1.19. The zero-order valence-corrected chi connectivity index (χ0v) is 18.3. The number of nitrogens with one attached hydrogen (secondary N) is 1. The second kappa shape index (κ2) is 8.23. The molecule has 0 saturated carbocycles. The lowest BCUT2D eigenvalue weighted by atomic mass is 9.78. The molecule has 0 saturated heterocycles. The van der Waals surface area contributed by atoms with Crippen LogP contribution in [0, 0.1) is 5.41 Å². The molecule has 7 nitrogen and oxygen atoms in total. The Kier molecular flexibility index (Phi) is 6.09. The van der Waals surface area contributed by atoms with Gasteiger partial charge in [-0.2, -0.15) is 0 Å². The van der Waals surface area contributed by atoms with Gasteiger partial charge in [0.1, 0.15) is 5.75 Å². The molecule has 0 bridgehead atoms. The molecule has 0 fully saturated rings. The highest BCUT2D eigenvalue weighted by atomic mass is 32.2. The molecule has 2 aromatic rings. The normalized spacial score (nSPS) is 15.6. The summed E-state index contributed by atoms with van der Waals surface area (Å²) in [6.45, 7) is 4.05. The molecular weight excluding hydrogens is 412 g/mol.